The minimum Gasteiger partial charge on any atom is -0.371 e. The van der Waals surface area contributed by atoms with Crippen molar-refractivity contribution in [2.24, 2.45) is 0 Å². The maximum atomic E-state index is 13.0. The second-order valence-corrected chi connectivity index (χ2v) is 4.41. The Morgan fingerprint density at radius 1 is 1.06 bits per heavy atom. The molecular formula is C12H15FN4O. The van der Waals surface area contributed by atoms with Crippen LogP contribution < -0.4 is 9.91 Å². The molecule has 3 rings (SSSR count). The van der Waals surface area contributed by atoms with Crippen molar-refractivity contribution in [1.29, 1.82) is 0 Å². The first kappa shape index (κ1) is 11.3. The lowest BCUT2D eigenvalue weighted by molar-refractivity contribution is -0.289. The number of halogens is 1. The predicted molar refractivity (Wildman–Crippen MR) is 66.1 cm³/mol. The van der Waals surface area contributed by atoms with Gasteiger partial charge in [0.25, 0.3) is 0 Å². The zero-order valence-electron chi connectivity index (χ0n) is 9.91. The highest BCUT2D eigenvalue weighted by Crippen LogP contribution is 2.28. The molecule has 1 saturated heterocycles. The van der Waals surface area contributed by atoms with E-state index in [0.717, 1.165) is 30.7 Å². The molecule has 0 saturated carbocycles. The van der Waals surface area contributed by atoms with Gasteiger partial charge in [-0.2, -0.15) is 0 Å². The van der Waals surface area contributed by atoms with Gasteiger partial charge in [-0.15, -0.1) is 5.23 Å². The van der Waals surface area contributed by atoms with Gasteiger partial charge < -0.3 is 4.90 Å². The Labute approximate surface area is 105 Å². The van der Waals surface area contributed by atoms with Crippen molar-refractivity contribution < 1.29 is 9.69 Å². The summed E-state index contributed by atoms with van der Waals surface area (Å²) < 4.78 is 13.0. The Balaban J connectivity index is 1.85. The molecule has 0 spiro atoms. The van der Waals surface area contributed by atoms with Gasteiger partial charge in [0.1, 0.15) is 0 Å². The molecule has 0 amide bonds. The summed E-state index contributed by atoms with van der Waals surface area (Å²) in [6, 6.07) is 7.71. The summed E-state index contributed by atoms with van der Waals surface area (Å²) >= 11 is 0. The van der Waals surface area contributed by atoms with Crippen molar-refractivity contribution in [2.75, 3.05) is 23.0 Å². The lowest BCUT2D eigenvalue weighted by Gasteiger charge is -2.25. The summed E-state index contributed by atoms with van der Waals surface area (Å²) in [6.45, 7) is 2.11. The van der Waals surface area contributed by atoms with Crippen LogP contribution in [0.25, 0.3) is 0 Å². The normalized spacial score (nSPS) is 20.2. The molecule has 0 radical (unpaired) electrons. The minimum absolute atomic E-state index is 0.114. The second-order valence-electron chi connectivity index (χ2n) is 4.41. The fourth-order valence-electron chi connectivity index (χ4n) is 2.33. The van der Waals surface area contributed by atoms with Gasteiger partial charge in [0.05, 0.1) is 11.9 Å². The van der Waals surface area contributed by atoms with Crippen LogP contribution in [0.2, 0.25) is 0 Å². The van der Waals surface area contributed by atoms with Crippen LogP contribution in [0.15, 0.2) is 36.7 Å². The van der Waals surface area contributed by atoms with Crippen LogP contribution in [0.3, 0.4) is 0 Å². The predicted octanol–water partition coefficient (Wildman–Crippen LogP) is 2.29. The van der Waals surface area contributed by atoms with Crippen molar-refractivity contribution in [1.82, 2.24) is 10.5 Å². The van der Waals surface area contributed by atoms with Gasteiger partial charge in [-0.25, -0.2) is 5.01 Å². The van der Waals surface area contributed by atoms with Crippen LogP contribution in [0, 0.1) is 0 Å². The number of benzene rings is 1. The SMILES string of the molecule is ON1N(F)C=CN1c1cccc(N2CCCC2)c1. The van der Waals surface area contributed by atoms with Crippen molar-refractivity contribution >= 4 is 11.4 Å². The fourth-order valence-corrected chi connectivity index (χ4v) is 2.33. The van der Waals surface area contributed by atoms with E-state index in [4.69, 9.17) is 0 Å². The van der Waals surface area contributed by atoms with E-state index < -0.39 is 0 Å². The topological polar surface area (TPSA) is 33.2 Å². The third kappa shape index (κ3) is 1.89. The first-order valence-electron chi connectivity index (χ1n) is 6.02. The van der Waals surface area contributed by atoms with Gasteiger partial charge in [0, 0.05) is 30.3 Å². The van der Waals surface area contributed by atoms with Gasteiger partial charge in [-0.3, -0.25) is 5.21 Å². The molecule has 5 nitrogen and oxygen atoms in total. The number of hydrogen-bond donors (Lipinski definition) is 1. The van der Waals surface area contributed by atoms with E-state index >= 15 is 0 Å². The number of rotatable bonds is 2. The highest BCUT2D eigenvalue weighted by molar-refractivity contribution is 5.60. The smallest absolute Gasteiger partial charge is 0.0740 e. The van der Waals surface area contributed by atoms with Crippen molar-refractivity contribution in [3.8, 4) is 0 Å². The minimum atomic E-state index is 0.114. The highest BCUT2D eigenvalue weighted by Gasteiger charge is 2.24. The second kappa shape index (κ2) is 4.47. The van der Waals surface area contributed by atoms with E-state index in [1.165, 1.54) is 24.1 Å². The standard InChI is InChI=1S/C12H15FN4O/c13-16-9-8-15(17(16)18)12-5-3-4-11(10-12)14-6-1-2-7-14/h3-5,8-10,18H,1-2,6-7H2. The van der Waals surface area contributed by atoms with E-state index in [0.29, 0.717) is 5.28 Å². The molecule has 96 valence electrons. The molecule has 2 aliphatic heterocycles. The average Bonchev–Trinajstić information content (AvgIpc) is 3.02. The molecule has 6 heteroatoms. The maximum Gasteiger partial charge on any atom is 0.0740 e. The van der Waals surface area contributed by atoms with Crippen LogP contribution in [0.4, 0.5) is 15.9 Å². The summed E-state index contributed by atoms with van der Waals surface area (Å²) in [5.41, 5.74) is 1.82. The Morgan fingerprint density at radius 3 is 2.44 bits per heavy atom. The first-order chi connectivity index (χ1) is 8.75. The Bertz CT molecular complexity index is 461. The molecule has 0 bridgehead atoms. The molecule has 0 aromatic heterocycles. The van der Waals surface area contributed by atoms with Gasteiger partial charge in [0.15, 0.2) is 0 Å². The quantitative estimate of drug-likeness (QED) is 0.814. The van der Waals surface area contributed by atoms with Crippen LogP contribution in [-0.4, -0.2) is 28.8 Å². The molecule has 0 aliphatic carbocycles. The number of anilines is 2. The fraction of sp³-hybridized carbons (Fsp3) is 0.333. The molecule has 0 atom stereocenters. The summed E-state index contributed by atoms with van der Waals surface area (Å²) in [5.74, 6) is 0. The third-order valence-corrected chi connectivity index (χ3v) is 3.26. The van der Waals surface area contributed by atoms with Gasteiger partial charge in [-0.1, -0.05) is 10.5 Å². The Hall–Kier alpha value is -1.79. The number of hydrazine groups is 2. The first-order valence-corrected chi connectivity index (χ1v) is 6.02. The van der Waals surface area contributed by atoms with E-state index in [9.17, 15) is 9.69 Å². The lowest BCUT2D eigenvalue weighted by atomic mass is 10.2. The molecular weight excluding hydrogens is 235 g/mol. The van der Waals surface area contributed by atoms with Crippen LogP contribution >= 0.6 is 0 Å². The zero-order valence-corrected chi connectivity index (χ0v) is 9.91. The van der Waals surface area contributed by atoms with Gasteiger partial charge in [0.2, 0.25) is 0 Å². The number of nitrogens with zero attached hydrogens (tertiary/aromatic N) is 4. The van der Waals surface area contributed by atoms with E-state index in [1.807, 2.05) is 24.3 Å². The Kier molecular flexibility index (Phi) is 2.81. The van der Waals surface area contributed by atoms with Gasteiger partial charge in [-0.05, 0) is 31.0 Å². The molecule has 2 aliphatic rings. The molecule has 1 fully saturated rings. The van der Waals surface area contributed by atoms with Crippen molar-refractivity contribution in [3.63, 3.8) is 0 Å². The molecule has 1 N–H and O–H groups in total. The third-order valence-electron chi connectivity index (χ3n) is 3.26. The summed E-state index contributed by atoms with van der Waals surface area (Å²) in [5, 5.41) is 11.4. The summed E-state index contributed by atoms with van der Waals surface area (Å²) in [4.78, 5) is 2.29. The van der Waals surface area contributed by atoms with Crippen molar-refractivity contribution in [2.45, 2.75) is 12.8 Å². The summed E-state index contributed by atoms with van der Waals surface area (Å²) in [6.07, 6.45) is 5.02. The number of hydrogen-bond acceptors (Lipinski definition) is 5. The molecule has 0 unspecified atom stereocenters. The molecule has 18 heavy (non-hydrogen) atoms. The largest absolute Gasteiger partial charge is 0.371 e. The average molecular weight is 250 g/mol. The molecule has 1 aromatic carbocycles. The van der Waals surface area contributed by atoms with Gasteiger partial charge >= 0.3 is 0 Å². The maximum absolute atomic E-state index is 13.0. The van der Waals surface area contributed by atoms with Crippen LogP contribution in [0.1, 0.15) is 12.8 Å². The highest BCUT2D eigenvalue weighted by atomic mass is 19.2. The van der Waals surface area contributed by atoms with Crippen LogP contribution in [-0.2, 0) is 0 Å². The summed E-state index contributed by atoms with van der Waals surface area (Å²) in [7, 11) is 0. The van der Waals surface area contributed by atoms with Crippen LogP contribution in [0.5, 0.6) is 0 Å². The monoisotopic (exact) mass is 250 g/mol. The van der Waals surface area contributed by atoms with Crippen molar-refractivity contribution in [3.05, 3.63) is 36.7 Å². The van der Waals surface area contributed by atoms with E-state index in [2.05, 4.69) is 4.90 Å². The molecule has 2 heterocycles. The molecule has 1 aromatic rings. The van der Waals surface area contributed by atoms with E-state index in [1.54, 1.807) is 0 Å². The van der Waals surface area contributed by atoms with E-state index in [-0.39, 0.29) is 5.23 Å². The Morgan fingerprint density at radius 2 is 1.78 bits per heavy atom. The zero-order chi connectivity index (χ0) is 12.5. The lowest BCUT2D eigenvalue weighted by Crippen LogP contribution is -2.38.